The number of hydrogen-bond acceptors (Lipinski definition) is 7. The lowest BCUT2D eigenvalue weighted by Gasteiger charge is -2.28. The van der Waals surface area contributed by atoms with Crippen molar-refractivity contribution in [1.82, 2.24) is 14.5 Å². The maximum Gasteiger partial charge on any atom is 0.273 e. The van der Waals surface area contributed by atoms with Gasteiger partial charge in [-0.05, 0) is 42.8 Å². The van der Waals surface area contributed by atoms with E-state index < -0.39 is 15.9 Å². The Hall–Kier alpha value is -4.22. The molecule has 0 saturated heterocycles. The topological polar surface area (TPSA) is 136 Å². The normalized spacial score (nSPS) is 11.8. The van der Waals surface area contributed by atoms with E-state index in [4.69, 9.17) is 10.5 Å². The number of aryl methyl sites for hydroxylation is 1. The van der Waals surface area contributed by atoms with Crippen molar-refractivity contribution in [1.29, 1.82) is 0 Å². The number of amides is 1. The number of fused-ring (bicyclic) bond motifs is 1. The number of carbonyl (C=O) groups is 1. The van der Waals surface area contributed by atoms with Crippen LogP contribution in [-0.4, -0.2) is 52.0 Å². The summed E-state index contributed by atoms with van der Waals surface area (Å²) in [4.78, 5) is 20.7. The highest BCUT2D eigenvalue weighted by molar-refractivity contribution is 7.92. The zero-order valence-corrected chi connectivity index (χ0v) is 21.8. The summed E-state index contributed by atoms with van der Waals surface area (Å²) in [5.41, 5.74) is 8.72. The molecule has 0 aliphatic carbocycles. The molecular weight excluding hydrogens is 492 g/mol. The summed E-state index contributed by atoms with van der Waals surface area (Å²) in [5.74, 6) is 0.417. The first-order valence-electron chi connectivity index (χ1n) is 11.4. The molecule has 4 aromatic rings. The average Bonchev–Trinajstić information content (AvgIpc) is 2.85. The number of primary amides is 1. The van der Waals surface area contributed by atoms with Crippen LogP contribution in [0.3, 0.4) is 0 Å². The minimum Gasteiger partial charge on any atom is -0.497 e. The van der Waals surface area contributed by atoms with Crippen molar-refractivity contribution < 1.29 is 17.9 Å². The van der Waals surface area contributed by atoms with Crippen LogP contribution in [0.1, 0.15) is 5.56 Å². The second kappa shape index (κ2) is 10.0. The molecule has 0 aliphatic rings. The van der Waals surface area contributed by atoms with E-state index in [0.29, 0.717) is 28.2 Å². The fourth-order valence-corrected chi connectivity index (χ4v) is 4.89. The molecule has 37 heavy (non-hydrogen) atoms. The van der Waals surface area contributed by atoms with Crippen molar-refractivity contribution in [2.24, 2.45) is 5.73 Å². The number of carbonyl (C=O) groups excluding carboxylic acids is 1. The smallest absolute Gasteiger partial charge is 0.273 e. The van der Waals surface area contributed by atoms with Crippen molar-refractivity contribution in [3.05, 3.63) is 72.3 Å². The molecule has 0 fully saturated rings. The molecule has 0 spiro atoms. The third kappa shape index (κ3) is 5.79. The Morgan fingerprint density at radius 3 is 2.30 bits per heavy atom. The summed E-state index contributed by atoms with van der Waals surface area (Å²) in [6.45, 7) is 1.93. The summed E-state index contributed by atoms with van der Waals surface area (Å²) in [5, 5.41) is 3.20. The van der Waals surface area contributed by atoms with Gasteiger partial charge in [0.25, 0.3) is 15.9 Å². The van der Waals surface area contributed by atoms with E-state index in [0.717, 1.165) is 5.56 Å². The molecule has 1 amide bonds. The number of rotatable bonds is 9. The lowest BCUT2D eigenvalue weighted by Crippen LogP contribution is -2.47. The van der Waals surface area contributed by atoms with Gasteiger partial charge in [-0.1, -0.05) is 24.3 Å². The minimum atomic E-state index is -4.07. The Bertz CT molecular complexity index is 1590. The number of benzene rings is 3. The van der Waals surface area contributed by atoms with Crippen LogP contribution in [0.2, 0.25) is 0 Å². The lowest BCUT2D eigenvalue weighted by atomic mass is 10.2. The number of ether oxygens (including phenoxy) is 1. The van der Waals surface area contributed by atoms with E-state index >= 15 is 0 Å². The van der Waals surface area contributed by atoms with Gasteiger partial charge in [-0.3, -0.25) is 14.0 Å². The van der Waals surface area contributed by atoms with Crippen molar-refractivity contribution >= 4 is 50.0 Å². The molecule has 11 heteroatoms. The molecule has 192 valence electrons. The molecule has 0 atom stereocenters. The summed E-state index contributed by atoms with van der Waals surface area (Å²) in [6, 6.07) is 19.1. The van der Waals surface area contributed by atoms with Crippen LogP contribution in [0.25, 0.3) is 11.0 Å². The molecule has 4 rings (SSSR count). The molecule has 3 aromatic carbocycles. The maximum absolute atomic E-state index is 13.5. The van der Waals surface area contributed by atoms with E-state index in [-0.39, 0.29) is 27.6 Å². The number of hydrogen-bond donors (Lipinski definition) is 3. The van der Waals surface area contributed by atoms with E-state index in [1.807, 2.05) is 25.1 Å². The van der Waals surface area contributed by atoms with Crippen LogP contribution < -0.4 is 25.0 Å². The highest BCUT2D eigenvalue weighted by Gasteiger charge is 2.25. The van der Waals surface area contributed by atoms with Crippen LogP contribution in [0.15, 0.2) is 71.6 Å². The largest absolute Gasteiger partial charge is 0.497 e. The fourth-order valence-electron chi connectivity index (χ4n) is 3.84. The molecule has 1 aromatic heterocycles. The summed E-state index contributed by atoms with van der Waals surface area (Å²) >= 11 is 0. The van der Waals surface area contributed by atoms with Crippen LogP contribution >= 0.6 is 0 Å². The zero-order valence-electron chi connectivity index (χ0n) is 21.0. The standard InChI is InChI=1S/C26H28N6O4S/c1-17-12-13-19(36-4)15-23(17)30-25-26(29-22-11-6-5-10-21(22)28-25)31-37(34,35)20-9-7-8-18(14-20)32(2,3)16-24(27)33/h5-15H,16H2,1-4H3,(H3-,27,28,29,30,31,33)/p+1. The Kier molecular flexibility index (Phi) is 7.01. The Balaban J connectivity index is 1.76. The van der Waals surface area contributed by atoms with Gasteiger partial charge in [0.05, 0.1) is 37.1 Å². The first kappa shape index (κ1) is 25.9. The number of nitrogens with one attached hydrogen (secondary N) is 2. The minimum absolute atomic E-state index is 0.0131. The predicted molar refractivity (Wildman–Crippen MR) is 146 cm³/mol. The van der Waals surface area contributed by atoms with E-state index in [1.54, 1.807) is 57.6 Å². The van der Waals surface area contributed by atoms with E-state index in [2.05, 4.69) is 20.0 Å². The second-order valence-electron chi connectivity index (χ2n) is 9.13. The number of methoxy groups -OCH3 is 1. The van der Waals surface area contributed by atoms with Crippen molar-refractivity contribution in [3.63, 3.8) is 0 Å². The van der Waals surface area contributed by atoms with Crippen molar-refractivity contribution in [2.75, 3.05) is 37.8 Å². The van der Waals surface area contributed by atoms with Crippen molar-refractivity contribution in [2.45, 2.75) is 11.8 Å². The number of quaternary nitrogens is 1. The number of aromatic nitrogens is 2. The van der Waals surface area contributed by atoms with E-state index in [9.17, 15) is 13.2 Å². The quantitative estimate of drug-likeness (QED) is 0.287. The first-order valence-corrected chi connectivity index (χ1v) is 12.9. The Labute approximate surface area is 215 Å². The molecule has 0 saturated carbocycles. The molecule has 0 unspecified atom stereocenters. The molecule has 0 bridgehead atoms. The zero-order chi connectivity index (χ0) is 26.8. The lowest BCUT2D eigenvalue weighted by molar-refractivity contribution is -0.118. The number of para-hydroxylation sites is 2. The summed E-state index contributed by atoms with van der Waals surface area (Å²) in [6.07, 6.45) is 0. The number of nitrogens with zero attached hydrogens (tertiary/aromatic N) is 3. The van der Waals surface area contributed by atoms with Gasteiger partial charge >= 0.3 is 0 Å². The van der Waals surface area contributed by atoms with Crippen LogP contribution in [0.4, 0.5) is 23.0 Å². The Morgan fingerprint density at radius 2 is 1.65 bits per heavy atom. The molecule has 0 aliphatic heterocycles. The van der Waals surface area contributed by atoms with Gasteiger partial charge in [-0.2, -0.15) is 0 Å². The average molecular weight is 522 g/mol. The molecule has 0 radical (unpaired) electrons. The van der Waals surface area contributed by atoms with Gasteiger partial charge in [0, 0.05) is 17.8 Å². The second-order valence-corrected chi connectivity index (χ2v) is 10.8. The highest BCUT2D eigenvalue weighted by atomic mass is 32.2. The third-order valence-corrected chi connectivity index (χ3v) is 7.21. The van der Waals surface area contributed by atoms with E-state index in [1.165, 1.54) is 12.1 Å². The van der Waals surface area contributed by atoms with Gasteiger partial charge in [-0.15, -0.1) is 0 Å². The van der Waals surface area contributed by atoms with Gasteiger partial charge in [0.2, 0.25) is 0 Å². The van der Waals surface area contributed by atoms with Crippen LogP contribution in [-0.2, 0) is 14.8 Å². The molecular formula is C26H29N6O4S+. The fraction of sp³-hybridized carbons (Fsp3) is 0.192. The molecule has 4 N–H and O–H groups in total. The highest BCUT2D eigenvalue weighted by Crippen LogP contribution is 2.31. The summed E-state index contributed by atoms with van der Waals surface area (Å²) < 4.78 is 35.0. The number of nitrogens with two attached hydrogens (primary N) is 1. The van der Waals surface area contributed by atoms with Gasteiger partial charge in [0.1, 0.15) is 11.4 Å². The predicted octanol–water partition coefficient (Wildman–Crippen LogP) is 3.54. The molecule has 1 heterocycles. The maximum atomic E-state index is 13.5. The molecule has 10 nitrogen and oxygen atoms in total. The SMILES string of the molecule is COc1ccc(C)c(Nc2nc3ccccc3nc2NS(=O)(=O)c2cccc([N+](C)(C)CC(N)=O)c2)c1. The van der Waals surface area contributed by atoms with Crippen LogP contribution in [0.5, 0.6) is 5.75 Å². The monoisotopic (exact) mass is 521 g/mol. The van der Waals surface area contributed by atoms with Gasteiger partial charge in [0.15, 0.2) is 18.2 Å². The first-order chi connectivity index (χ1) is 17.5. The van der Waals surface area contributed by atoms with Gasteiger partial charge in [-0.25, -0.2) is 18.4 Å². The van der Waals surface area contributed by atoms with Gasteiger partial charge < -0.3 is 15.8 Å². The third-order valence-electron chi connectivity index (χ3n) is 5.88. The number of sulfonamides is 1. The summed E-state index contributed by atoms with van der Waals surface area (Å²) in [7, 11) is 1.05. The number of likely N-dealkylation sites (N-methyl/N-ethyl adjacent to an activating group) is 1. The number of anilines is 3. The van der Waals surface area contributed by atoms with Crippen molar-refractivity contribution in [3.8, 4) is 5.75 Å². The Morgan fingerprint density at radius 1 is 0.973 bits per heavy atom. The van der Waals surface area contributed by atoms with Crippen LogP contribution in [0, 0.1) is 6.92 Å².